The molecule has 1 aliphatic heterocycles. The topological polar surface area (TPSA) is 163 Å². The molecule has 3 atom stereocenters. The van der Waals surface area contributed by atoms with Crippen molar-refractivity contribution in [3.05, 3.63) is 65.7 Å². The number of ether oxygens (including phenoxy) is 2. The lowest BCUT2D eigenvalue weighted by molar-refractivity contribution is -0.165. The molecule has 2 aromatic rings. The molecular weight excluding hydrogens is 470 g/mol. The van der Waals surface area contributed by atoms with Crippen molar-refractivity contribution in [2.75, 3.05) is 13.1 Å². The maximum absolute atomic E-state index is 12.5. The molecule has 10 heteroatoms. The lowest BCUT2D eigenvalue weighted by atomic mass is 9.91. The Morgan fingerprint density at radius 3 is 2.19 bits per heavy atom. The molecule has 1 fully saturated rings. The first kappa shape index (κ1) is 28.8. The highest BCUT2D eigenvalue weighted by Crippen LogP contribution is 2.28. The second-order valence-corrected chi connectivity index (χ2v) is 8.86. The molecule has 2 aromatic carbocycles. The largest absolute Gasteiger partial charge is 0.479 e. The van der Waals surface area contributed by atoms with E-state index in [0.29, 0.717) is 11.7 Å². The van der Waals surface area contributed by atoms with Gasteiger partial charge in [0.15, 0.2) is 17.8 Å². The van der Waals surface area contributed by atoms with Crippen LogP contribution in [0.15, 0.2) is 54.6 Å². The summed E-state index contributed by atoms with van der Waals surface area (Å²) in [7, 11) is 0. The monoisotopic (exact) mass is 503 g/mol. The molecule has 5 N–H and O–H groups in total. The first-order valence-electron chi connectivity index (χ1n) is 11.5. The van der Waals surface area contributed by atoms with Crippen LogP contribution >= 0.6 is 0 Å². The number of hydrogen-bond donors (Lipinski definition) is 5. The van der Waals surface area contributed by atoms with Gasteiger partial charge in [-0.1, -0.05) is 42.5 Å². The standard InChI is InChI=1S/C22H27NO3.C4H6O6/c1-22(2,21(24)25-16-17-8-4-3-5-9-17)26-20-12-6-10-18(14-20)19-11-7-13-23-15-19;5-1(3(7)8)2(6)4(9)10/h3-6,8-10,12,14,19,23H,7,11,13,15-16H2,1-2H3;1-2,5-6H,(H,7,8)(H,9,10)/t;1-,2-/m.0/s1. The summed E-state index contributed by atoms with van der Waals surface area (Å²) in [5.74, 6) is -2.70. The van der Waals surface area contributed by atoms with Crippen LogP contribution in [0.5, 0.6) is 5.75 Å². The average molecular weight is 504 g/mol. The Labute approximate surface area is 209 Å². The number of carboxylic acids is 2. The smallest absolute Gasteiger partial charge is 0.350 e. The maximum Gasteiger partial charge on any atom is 0.350 e. The van der Waals surface area contributed by atoms with Crippen LogP contribution < -0.4 is 10.1 Å². The first-order valence-corrected chi connectivity index (χ1v) is 11.5. The number of carboxylic acid groups (broad SMARTS) is 2. The van der Waals surface area contributed by atoms with Gasteiger partial charge in [0.1, 0.15) is 12.4 Å². The van der Waals surface area contributed by atoms with E-state index in [1.165, 1.54) is 18.4 Å². The van der Waals surface area contributed by atoms with E-state index >= 15 is 0 Å². The minimum Gasteiger partial charge on any atom is -0.479 e. The van der Waals surface area contributed by atoms with E-state index in [2.05, 4.69) is 11.4 Å². The first-order chi connectivity index (χ1) is 17.0. The van der Waals surface area contributed by atoms with E-state index in [1.807, 2.05) is 48.5 Å². The normalized spacial score (nSPS) is 17.1. The Hall–Kier alpha value is -3.47. The van der Waals surface area contributed by atoms with Crippen LogP contribution in [0.4, 0.5) is 0 Å². The minimum atomic E-state index is -2.27. The summed E-state index contributed by atoms with van der Waals surface area (Å²) < 4.78 is 11.4. The molecule has 1 aliphatic rings. The molecule has 3 rings (SSSR count). The number of nitrogens with one attached hydrogen (secondary N) is 1. The van der Waals surface area contributed by atoms with Gasteiger partial charge in [0.05, 0.1) is 0 Å². The van der Waals surface area contributed by atoms with Crippen molar-refractivity contribution >= 4 is 17.9 Å². The summed E-state index contributed by atoms with van der Waals surface area (Å²) in [4.78, 5) is 32.0. The molecule has 0 bridgehead atoms. The fraction of sp³-hybridized carbons (Fsp3) is 0.423. The van der Waals surface area contributed by atoms with E-state index in [0.717, 1.165) is 18.7 Å². The number of piperidine rings is 1. The highest BCUT2D eigenvalue weighted by atomic mass is 16.6. The number of esters is 1. The third-order valence-electron chi connectivity index (χ3n) is 5.51. The van der Waals surface area contributed by atoms with E-state index in [4.69, 9.17) is 29.9 Å². The summed E-state index contributed by atoms with van der Waals surface area (Å²) in [6.45, 7) is 5.82. The Kier molecular flexibility index (Phi) is 10.8. The molecule has 0 aliphatic carbocycles. The summed E-state index contributed by atoms with van der Waals surface area (Å²) in [5, 5.41) is 36.0. The number of aliphatic carboxylic acids is 2. The van der Waals surface area contributed by atoms with Crippen molar-refractivity contribution in [2.45, 2.75) is 57.0 Å². The second kappa shape index (κ2) is 13.6. The number of hydrogen-bond acceptors (Lipinski definition) is 8. The molecule has 196 valence electrons. The maximum atomic E-state index is 12.5. The molecule has 0 spiro atoms. The van der Waals surface area contributed by atoms with Crippen LogP contribution in [-0.4, -0.2) is 69.2 Å². The van der Waals surface area contributed by atoms with Gasteiger partial charge in [0.2, 0.25) is 0 Å². The van der Waals surface area contributed by atoms with Crippen molar-refractivity contribution < 1.29 is 44.3 Å². The van der Waals surface area contributed by atoms with Gasteiger partial charge in [-0.05, 0) is 62.4 Å². The minimum absolute atomic E-state index is 0.250. The molecule has 1 heterocycles. The van der Waals surface area contributed by atoms with Crippen molar-refractivity contribution in [3.8, 4) is 5.75 Å². The van der Waals surface area contributed by atoms with E-state index in [9.17, 15) is 14.4 Å². The van der Waals surface area contributed by atoms with Crippen molar-refractivity contribution in [1.82, 2.24) is 5.32 Å². The second-order valence-electron chi connectivity index (χ2n) is 8.86. The van der Waals surface area contributed by atoms with Crippen molar-refractivity contribution in [2.24, 2.45) is 0 Å². The molecule has 36 heavy (non-hydrogen) atoms. The van der Waals surface area contributed by atoms with Crippen LogP contribution in [-0.2, 0) is 25.7 Å². The lowest BCUT2D eigenvalue weighted by Gasteiger charge is -2.26. The average Bonchev–Trinajstić information content (AvgIpc) is 2.87. The number of carbonyl (C=O) groups excluding carboxylic acids is 1. The van der Waals surface area contributed by atoms with Crippen LogP contribution in [0.3, 0.4) is 0 Å². The third kappa shape index (κ3) is 8.95. The predicted molar refractivity (Wildman–Crippen MR) is 130 cm³/mol. The van der Waals surface area contributed by atoms with Crippen LogP contribution in [0.1, 0.15) is 43.7 Å². The molecule has 0 radical (unpaired) electrons. The van der Waals surface area contributed by atoms with Gasteiger partial charge in [-0.15, -0.1) is 0 Å². The van der Waals surface area contributed by atoms with Gasteiger partial charge < -0.3 is 35.2 Å². The summed E-state index contributed by atoms with van der Waals surface area (Å²) in [6.07, 6.45) is -2.17. The van der Waals surface area contributed by atoms with Crippen molar-refractivity contribution in [1.29, 1.82) is 0 Å². The zero-order valence-corrected chi connectivity index (χ0v) is 20.3. The predicted octanol–water partition coefficient (Wildman–Crippen LogP) is 1.93. The van der Waals surface area contributed by atoms with Crippen LogP contribution in [0.25, 0.3) is 0 Å². The third-order valence-corrected chi connectivity index (χ3v) is 5.51. The van der Waals surface area contributed by atoms with E-state index in [-0.39, 0.29) is 12.6 Å². The highest BCUT2D eigenvalue weighted by Gasteiger charge is 2.32. The Bertz CT molecular complexity index is 985. The zero-order chi connectivity index (χ0) is 26.7. The van der Waals surface area contributed by atoms with Gasteiger partial charge in [-0.3, -0.25) is 0 Å². The fourth-order valence-corrected chi connectivity index (χ4v) is 3.47. The number of carbonyl (C=O) groups is 3. The molecule has 1 saturated heterocycles. The Morgan fingerprint density at radius 1 is 1.00 bits per heavy atom. The van der Waals surface area contributed by atoms with Crippen LogP contribution in [0, 0.1) is 0 Å². The highest BCUT2D eigenvalue weighted by molar-refractivity contribution is 5.83. The number of aliphatic hydroxyl groups excluding tert-OH is 2. The van der Waals surface area contributed by atoms with Gasteiger partial charge in [-0.25, -0.2) is 14.4 Å². The number of benzene rings is 2. The van der Waals surface area contributed by atoms with Gasteiger partial charge in [0.25, 0.3) is 0 Å². The van der Waals surface area contributed by atoms with Gasteiger partial charge >= 0.3 is 17.9 Å². The molecule has 0 aromatic heterocycles. The van der Waals surface area contributed by atoms with Gasteiger partial charge in [-0.2, -0.15) is 0 Å². The quantitative estimate of drug-likeness (QED) is 0.320. The molecular formula is C26H33NO9. The number of rotatable bonds is 9. The fourth-order valence-electron chi connectivity index (χ4n) is 3.47. The summed E-state index contributed by atoms with van der Waals surface area (Å²) in [6, 6.07) is 17.7. The number of aliphatic hydroxyl groups is 2. The van der Waals surface area contributed by atoms with Gasteiger partial charge in [0, 0.05) is 6.54 Å². The van der Waals surface area contributed by atoms with E-state index < -0.39 is 29.7 Å². The Morgan fingerprint density at radius 2 is 1.64 bits per heavy atom. The summed E-state index contributed by atoms with van der Waals surface area (Å²) in [5.41, 5.74) is 1.17. The molecule has 10 nitrogen and oxygen atoms in total. The molecule has 0 saturated carbocycles. The zero-order valence-electron chi connectivity index (χ0n) is 20.3. The Balaban J connectivity index is 0.000000388. The van der Waals surface area contributed by atoms with Crippen molar-refractivity contribution in [3.63, 3.8) is 0 Å². The molecule has 0 amide bonds. The summed E-state index contributed by atoms with van der Waals surface area (Å²) >= 11 is 0. The SMILES string of the molecule is CC(C)(Oc1cccc(C2CCCNC2)c1)C(=O)OCc1ccccc1.O=C(O)[C@@H](O)[C@H](O)C(=O)O. The van der Waals surface area contributed by atoms with E-state index in [1.54, 1.807) is 13.8 Å². The lowest BCUT2D eigenvalue weighted by Crippen LogP contribution is -2.39. The molecule has 1 unspecified atom stereocenters. The van der Waals surface area contributed by atoms with Crippen LogP contribution in [0.2, 0.25) is 0 Å².